The lowest BCUT2D eigenvalue weighted by Gasteiger charge is -2.12. The highest BCUT2D eigenvalue weighted by molar-refractivity contribution is 14.1. The zero-order valence-corrected chi connectivity index (χ0v) is 22.0. The molecule has 0 bridgehead atoms. The van der Waals surface area contributed by atoms with Crippen LogP contribution in [0.15, 0.2) is 72.3 Å². The van der Waals surface area contributed by atoms with E-state index in [0.717, 1.165) is 31.1 Å². The second-order valence-corrected chi connectivity index (χ2v) is 9.57. The highest BCUT2D eigenvalue weighted by Crippen LogP contribution is 2.30. The Morgan fingerprint density at radius 3 is 2.33 bits per heavy atom. The molecule has 1 amide bonds. The first-order chi connectivity index (χ1) is 16.0. The van der Waals surface area contributed by atoms with Crippen LogP contribution in [-0.4, -0.2) is 12.5 Å². The summed E-state index contributed by atoms with van der Waals surface area (Å²) in [6.45, 7) is 0.814. The van der Waals surface area contributed by atoms with E-state index in [0.29, 0.717) is 18.9 Å². The van der Waals surface area contributed by atoms with Crippen molar-refractivity contribution in [2.45, 2.75) is 19.4 Å². The molecule has 0 saturated heterocycles. The average Bonchev–Trinajstić information content (AvgIpc) is 2.81. The minimum absolute atomic E-state index is 0.0568. The number of nitriles is 1. The summed E-state index contributed by atoms with van der Waals surface area (Å²) in [6, 6.07) is 22.0. The van der Waals surface area contributed by atoms with Gasteiger partial charge < -0.3 is 10.1 Å². The topological polar surface area (TPSA) is 62.1 Å². The van der Waals surface area contributed by atoms with Crippen LogP contribution in [-0.2, 0) is 17.8 Å². The molecule has 0 spiro atoms. The van der Waals surface area contributed by atoms with Crippen molar-refractivity contribution in [2.75, 3.05) is 6.54 Å². The molecule has 0 aromatic heterocycles. The molecule has 7 heteroatoms. The summed E-state index contributed by atoms with van der Waals surface area (Å²) in [5.74, 6) is 0.0429. The molecule has 0 fully saturated rings. The number of benzene rings is 3. The van der Waals surface area contributed by atoms with E-state index in [-0.39, 0.29) is 17.3 Å². The van der Waals surface area contributed by atoms with Crippen molar-refractivity contribution in [3.63, 3.8) is 0 Å². The van der Waals surface area contributed by atoms with Gasteiger partial charge in [-0.25, -0.2) is 4.39 Å². The van der Waals surface area contributed by atoms with Crippen molar-refractivity contribution in [1.29, 1.82) is 5.26 Å². The number of halogens is 3. The minimum atomic E-state index is -0.382. The molecular formula is C26H21FI2N2O2. The van der Waals surface area contributed by atoms with Crippen LogP contribution < -0.4 is 10.1 Å². The van der Waals surface area contributed by atoms with E-state index in [1.807, 2.05) is 36.4 Å². The van der Waals surface area contributed by atoms with Gasteiger partial charge in [0.15, 0.2) is 0 Å². The second kappa shape index (κ2) is 12.7. The lowest BCUT2D eigenvalue weighted by Crippen LogP contribution is -2.25. The van der Waals surface area contributed by atoms with E-state index < -0.39 is 0 Å². The Morgan fingerprint density at radius 1 is 1.03 bits per heavy atom. The molecule has 3 aromatic rings. The maximum absolute atomic E-state index is 13.1. The molecule has 0 aliphatic rings. The highest BCUT2D eigenvalue weighted by atomic mass is 127. The van der Waals surface area contributed by atoms with Gasteiger partial charge in [-0.2, -0.15) is 5.26 Å². The van der Waals surface area contributed by atoms with Gasteiger partial charge >= 0.3 is 0 Å². The lowest BCUT2D eigenvalue weighted by molar-refractivity contribution is -0.117. The number of ether oxygens (including phenoxy) is 1. The molecule has 0 saturated carbocycles. The SMILES string of the molecule is N#C/C(=C/c1cc(I)c(OCc2ccc(F)cc2)c(I)c1)C(=O)NCCCc1ccccc1. The molecule has 0 atom stereocenters. The number of carbonyl (C=O) groups is 1. The molecule has 0 aliphatic heterocycles. The number of nitrogens with zero attached hydrogens (tertiary/aromatic N) is 1. The molecule has 33 heavy (non-hydrogen) atoms. The Hall–Kier alpha value is -2.45. The third-order valence-corrected chi connectivity index (χ3v) is 6.37. The highest BCUT2D eigenvalue weighted by Gasteiger charge is 2.12. The summed E-state index contributed by atoms with van der Waals surface area (Å²) >= 11 is 4.33. The summed E-state index contributed by atoms with van der Waals surface area (Å²) in [5, 5.41) is 12.3. The van der Waals surface area contributed by atoms with Gasteiger partial charge in [0.05, 0.1) is 7.14 Å². The third kappa shape index (κ3) is 7.82. The summed E-state index contributed by atoms with van der Waals surface area (Å²) in [6.07, 6.45) is 3.24. The second-order valence-electron chi connectivity index (χ2n) is 7.24. The number of nitrogens with one attached hydrogen (secondary N) is 1. The molecule has 3 aromatic carbocycles. The molecule has 168 valence electrons. The van der Waals surface area contributed by atoms with Crippen LogP contribution in [0.5, 0.6) is 5.75 Å². The zero-order chi connectivity index (χ0) is 23.6. The lowest BCUT2D eigenvalue weighted by atomic mass is 10.1. The van der Waals surface area contributed by atoms with Crippen LogP contribution in [0.4, 0.5) is 4.39 Å². The number of hydrogen-bond donors (Lipinski definition) is 1. The van der Waals surface area contributed by atoms with Crippen LogP contribution in [0.25, 0.3) is 6.08 Å². The molecular weight excluding hydrogens is 645 g/mol. The standard InChI is InChI=1S/C26H21FI2N2O2/c27-22-10-8-19(9-11-22)17-33-25-23(28)14-20(15-24(25)29)13-21(16-30)26(32)31-12-4-7-18-5-2-1-3-6-18/h1-3,5-6,8-11,13-15H,4,7,12,17H2,(H,31,32)/b21-13-. The summed E-state index contributed by atoms with van der Waals surface area (Å²) < 4.78 is 20.7. The van der Waals surface area contributed by atoms with Crippen molar-refractivity contribution >= 4 is 57.2 Å². The van der Waals surface area contributed by atoms with E-state index in [4.69, 9.17) is 4.74 Å². The maximum Gasteiger partial charge on any atom is 0.261 e. The van der Waals surface area contributed by atoms with Gasteiger partial charge in [-0.05, 0) is 105 Å². The van der Waals surface area contributed by atoms with Gasteiger partial charge in [-0.15, -0.1) is 0 Å². The van der Waals surface area contributed by atoms with E-state index >= 15 is 0 Å². The van der Waals surface area contributed by atoms with Crippen LogP contribution in [0, 0.1) is 24.3 Å². The van der Waals surface area contributed by atoms with Crippen molar-refractivity contribution in [2.24, 2.45) is 0 Å². The number of rotatable bonds is 9. The van der Waals surface area contributed by atoms with Crippen LogP contribution in [0.3, 0.4) is 0 Å². The minimum Gasteiger partial charge on any atom is -0.487 e. The normalized spacial score (nSPS) is 11.0. The Morgan fingerprint density at radius 2 is 1.70 bits per heavy atom. The molecule has 0 unspecified atom stereocenters. The Balaban J connectivity index is 1.60. The zero-order valence-electron chi connectivity index (χ0n) is 17.7. The van der Waals surface area contributed by atoms with Crippen LogP contribution in [0.2, 0.25) is 0 Å². The predicted molar refractivity (Wildman–Crippen MR) is 144 cm³/mol. The molecule has 0 heterocycles. The molecule has 0 radical (unpaired) electrons. The quantitative estimate of drug-likeness (QED) is 0.127. The van der Waals surface area contributed by atoms with Gasteiger partial charge in [0.25, 0.3) is 5.91 Å². The van der Waals surface area contributed by atoms with Crippen LogP contribution >= 0.6 is 45.2 Å². The fourth-order valence-electron chi connectivity index (χ4n) is 3.09. The largest absolute Gasteiger partial charge is 0.487 e. The first-order valence-electron chi connectivity index (χ1n) is 10.3. The van der Waals surface area contributed by atoms with Crippen molar-refractivity contribution in [3.05, 3.63) is 102 Å². The van der Waals surface area contributed by atoms with E-state index in [2.05, 4.69) is 62.6 Å². The number of carbonyl (C=O) groups excluding carboxylic acids is 1. The van der Waals surface area contributed by atoms with Gasteiger partial charge in [-0.1, -0.05) is 42.5 Å². The van der Waals surface area contributed by atoms with Gasteiger partial charge in [-0.3, -0.25) is 4.79 Å². The van der Waals surface area contributed by atoms with E-state index in [1.165, 1.54) is 17.7 Å². The van der Waals surface area contributed by atoms with Crippen LogP contribution in [0.1, 0.15) is 23.1 Å². The maximum atomic E-state index is 13.1. The fourth-order valence-corrected chi connectivity index (χ4v) is 5.21. The summed E-state index contributed by atoms with van der Waals surface area (Å²) in [4.78, 5) is 12.5. The molecule has 1 N–H and O–H groups in total. The molecule has 3 rings (SSSR count). The van der Waals surface area contributed by atoms with E-state index in [1.54, 1.807) is 18.2 Å². The van der Waals surface area contributed by atoms with Crippen molar-refractivity contribution in [1.82, 2.24) is 5.32 Å². The van der Waals surface area contributed by atoms with Gasteiger partial charge in [0.1, 0.15) is 29.8 Å². The van der Waals surface area contributed by atoms with Gasteiger partial charge in [0, 0.05) is 6.54 Å². The molecule has 4 nitrogen and oxygen atoms in total. The number of amides is 1. The van der Waals surface area contributed by atoms with Gasteiger partial charge in [0.2, 0.25) is 0 Å². The number of aryl methyl sites for hydroxylation is 1. The Kier molecular flexibility index (Phi) is 9.69. The number of hydrogen-bond acceptors (Lipinski definition) is 3. The first-order valence-corrected chi connectivity index (χ1v) is 12.4. The Bertz CT molecular complexity index is 1150. The monoisotopic (exact) mass is 666 g/mol. The van der Waals surface area contributed by atoms with Crippen molar-refractivity contribution < 1.29 is 13.9 Å². The first kappa shape index (κ1) is 25.2. The fraction of sp³-hybridized carbons (Fsp3) is 0.154. The smallest absolute Gasteiger partial charge is 0.261 e. The Labute approximate surface area is 220 Å². The van der Waals surface area contributed by atoms with E-state index in [9.17, 15) is 14.4 Å². The summed E-state index contributed by atoms with van der Waals surface area (Å²) in [5.41, 5.74) is 2.88. The van der Waals surface area contributed by atoms with Crippen molar-refractivity contribution in [3.8, 4) is 11.8 Å². The summed E-state index contributed by atoms with van der Waals surface area (Å²) in [7, 11) is 0. The third-order valence-electron chi connectivity index (χ3n) is 4.76. The average molecular weight is 666 g/mol. The predicted octanol–water partition coefficient (Wildman–Crippen LogP) is 6.27. The molecule has 0 aliphatic carbocycles.